The quantitative estimate of drug-likeness (QED) is 0.534. The second-order valence-corrected chi connectivity index (χ2v) is 9.51. The number of methoxy groups -OCH3 is 1. The molecular weight excluding hydrogens is 446 g/mol. The number of ether oxygens (including phenoxy) is 1. The van der Waals surface area contributed by atoms with E-state index in [9.17, 15) is 19.5 Å². The highest BCUT2D eigenvalue weighted by Gasteiger charge is 2.35. The van der Waals surface area contributed by atoms with Gasteiger partial charge in [0.1, 0.15) is 0 Å². The Balaban J connectivity index is 1.70. The highest BCUT2D eigenvalue weighted by atomic mass is 16.5. The minimum absolute atomic E-state index is 0.0189. The third-order valence-corrected chi connectivity index (χ3v) is 7.43. The summed E-state index contributed by atoms with van der Waals surface area (Å²) in [4.78, 5) is 44.5. The number of hydrogen-bond donors (Lipinski definition) is 1. The molecule has 1 aliphatic heterocycles. The van der Waals surface area contributed by atoms with E-state index in [-0.39, 0.29) is 17.9 Å². The largest absolute Gasteiger partial charge is 0.481 e. The first kappa shape index (κ1) is 23.1. The summed E-state index contributed by atoms with van der Waals surface area (Å²) in [5, 5.41) is 9.67. The molecule has 1 amide bonds. The molecule has 2 heterocycles. The molecule has 0 bridgehead atoms. The average molecular weight is 476 g/mol. The Kier molecular flexibility index (Phi) is 6.05. The Morgan fingerprint density at radius 3 is 2.54 bits per heavy atom. The van der Waals surface area contributed by atoms with Crippen molar-refractivity contribution in [3.05, 3.63) is 59.4 Å². The van der Waals surface area contributed by atoms with E-state index in [1.54, 1.807) is 17.0 Å². The van der Waals surface area contributed by atoms with E-state index < -0.39 is 18.0 Å². The Bertz CT molecular complexity index is 1300. The molecule has 8 heteroatoms. The number of hydrogen-bond acceptors (Lipinski definition) is 5. The first-order valence-electron chi connectivity index (χ1n) is 12.1. The van der Waals surface area contributed by atoms with E-state index in [0.717, 1.165) is 42.5 Å². The van der Waals surface area contributed by atoms with Gasteiger partial charge in [-0.2, -0.15) is 0 Å². The van der Waals surface area contributed by atoms with E-state index >= 15 is 0 Å². The van der Waals surface area contributed by atoms with Crippen LogP contribution in [0.15, 0.2) is 42.5 Å². The van der Waals surface area contributed by atoms with Crippen molar-refractivity contribution < 1.29 is 24.2 Å². The zero-order valence-corrected chi connectivity index (χ0v) is 19.9. The number of fused-ring (bicyclic) bond motifs is 3. The second kappa shape index (κ2) is 9.17. The molecule has 0 unspecified atom stereocenters. The van der Waals surface area contributed by atoms with Crippen LogP contribution in [0.4, 0.5) is 10.5 Å². The van der Waals surface area contributed by atoms with Crippen molar-refractivity contribution in [2.24, 2.45) is 5.92 Å². The summed E-state index contributed by atoms with van der Waals surface area (Å²) in [5.74, 6) is -1.12. The summed E-state index contributed by atoms with van der Waals surface area (Å²) in [5.41, 5.74) is 3.70. The number of aromatic nitrogens is 2. The van der Waals surface area contributed by atoms with Gasteiger partial charge in [-0.1, -0.05) is 36.8 Å². The lowest BCUT2D eigenvalue weighted by molar-refractivity contribution is -0.143. The van der Waals surface area contributed by atoms with Crippen molar-refractivity contribution >= 4 is 34.6 Å². The standard InChI is InChI=1S/C27H29N3O5/c1-16-11-12-20-21(29(16)27(34)35-2)13-14-22-23(20)28-25(24(31)17-7-4-3-5-8-17)30(22)19-10-6-9-18(15-19)26(32)33/h3-5,7-8,13-14,16,18-19H,6,9-12,15H2,1-2H3,(H,32,33)/t16-,18+,19+/m0/s1. The fraction of sp³-hybridized carbons (Fsp3) is 0.407. The molecule has 8 nitrogen and oxygen atoms in total. The third-order valence-electron chi connectivity index (χ3n) is 7.43. The van der Waals surface area contributed by atoms with E-state index in [2.05, 4.69) is 0 Å². The summed E-state index contributed by atoms with van der Waals surface area (Å²) >= 11 is 0. The summed E-state index contributed by atoms with van der Waals surface area (Å²) in [7, 11) is 1.37. The number of carboxylic acids is 1. The van der Waals surface area contributed by atoms with Gasteiger partial charge in [0.25, 0.3) is 0 Å². The van der Waals surface area contributed by atoms with Gasteiger partial charge in [0.2, 0.25) is 5.78 Å². The topological polar surface area (TPSA) is 102 Å². The number of carbonyl (C=O) groups excluding carboxylic acids is 2. The van der Waals surface area contributed by atoms with Crippen LogP contribution < -0.4 is 4.90 Å². The molecular formula is C27H29N3O5. The van der Waals surface area contributed by atoms with Crippen molar-refractivity contribution in [3.63, 3.8) is 0 Å². The fourth-order valence-corrected chi connectivity index (χ4v) is 5.65. The molecule has 2 aromatic carbocycles. The normalized spacial score (nSPS) is 22.0. The molecule has 3 atom stereocenters. The van der Waals surface area contributed by atoms with Gasteiger partial charge in [0.15, 0.2) is 5.82 Å². The zero-order valence-electron chi connectivity index (χ0n) is 19.9. The van der Waals surface area contributed by atoms with Crippen LogP contribution in [0, 0.1) is 5.92 Å². The maximum absolute atomic E-state index is 13.6. The van der Waals surface area contributed by atoms with Crippen molar-refractivity contribution in [1.29, 1.82) is 0 Å². The molecule has 1 aromatic heterocycles. The van der Waals surface area contributed by atoms with Crippen LogP contribution in [0.5, 0.6) is 0 Å². The van der Waals surface area contributed by atoms with Gasteiger partial charge in [-0.15, -0.1) is 0 Å². The number of amides is 1. The van der Waals surface area contributed by atoms with Gasteiger partial charge in [-0.25, -0.2) is 9.78 Å². The van der Waals surface area contributed by atoms with Gasteiger partial charge in [0, 0.05) is 23.2 Å². The van der Waals surface area contributed by atoms with Crippen LogP contribution in [0.1, 0.15) is 66.8 Å². The highest BCUT2D eigenvalue weighted by Crippen LogP contribution is 2.40. The predicted octanol–water partition coefficient (Wildman–Crippen LogP) is 4.99. The number of aliphatic carboxylic acids is 1. The number of ketones is 1. The minimum Gasteiger partial charge on any atom is -0.481 e. The lowest BCUT2D eigenvalue weighted by Gasteiger charge is -2.34. The lowest BCUT2D eigenvalue weighted by Crippen LogP contribution is -2.42. The molecule has 1 N–H and O–H groups in total. The molecule has 3 aromatic rings. The van der Waals surface area contributed by atoms with Crippen LogP contribution in [-0.4, -0.2) is 45.7 Å². The van der Waals surface area contributed by atoms with E-state index in [1.807, 2.05) is 41.8 Å². The van der Waals surface area contributed by atoms with Crippen molar-refractivity contribution in [2.75, 3.05) is 12.0 Å². The Labute approximate surface area is 203 Å². The average Bonchev–Trinajstić information content (AvgIpc) is 3.28. The number of imidazole rings is 1. The number of carbonyl (C=O) groups is 3. The summed E-state index contributed by atoms with van der Waals surface area (Å²) < 4.78 is 6.99. The molecule has 35 heavy (non-hydrogen) atoms. The van der Waals surface area contributed by atoms with Gasteiger partial charge in [-0.3, -0.25) is 14.5 Å². The second-order valence-electron chi connectivity index (χ2n) is 9.51. The monoisotopic (exact) mass is 475 g/mol. The predicted molar refractivity (Wildman–Crippen MR) is 131 cm³/mol. The van der Waals surface area contributed by atoms with E-state index in [1.165, 1.54) is 7.11 Å². The number of anilines is 1. The molecule has 0 saturated heterocycles. The number of rotatable bonds is 4. The van der Waals surface area contributed by atoms with Gasteiger partial charge in [-0.05, 0) is 51.2 Å². The number of aryl methyl sites for hydroxylation is 1. The third kappa shape index (κ3) is 3.96. The van der Waals surface area contributed by atoms with Gasteiger partial charge < -0.3 is 14.4 Å². The van der Waals surface area contributed by atoms with Crippen LogP contribution in [0.3, 0.4) is 0 Å². The molecule has 1 fully saturated rings. The first-order valence-corrected chi connectivity index (χ1v) is 12.1. The molecule has 1 saturated carbocycles. The van der Waals surface area contributed by atoms with Crippen LogP contribution in [0.2, 0.25) is 0 Å². The Morgan fingerprint density at radius 2 is 1.83 bits per heavy atom. The van der Waals surface area contributed by atoms with Crippen molar-refractivity contribution in [2.45, 2.75) is 57.5 Å². The van der Waals surface area contributed by atoms with Crippen LogP contribution in [-0.2, 0) is 16.0 Å². The summed E-state index contributed by atoms with van der Waals surface area (Å²) in [6.07, 6.45) is 3.71. The summed E-state index contributed by atoms with van der Waals surface area (Å²) in [6.45, 7) is 1.99. The van der Waals surface area contributed by atoms with Gasteiger partial charge in [0.05, 0.1) is 29.7 Å². The molecule has 2 aliphatic rings. The van der Waals surface area contributed by atoms with Crippen LogP contribution >= 0.6 is 0 Å². The fourth-order valence-electron chi connectivity index (χ4n) is 5.65. The zero-order chi connectivity index (χ0) is 24.7. The maximum Gasteiger partial charge on any atom is 0.414 e. The van der Waals surface area contributed by atoms with Crippen LogP contribution in [0.25, 0.3) is 11.0 Å². The molecule has 1 aliphatic carbocycles. The smallest absolute Gasteiger partial charge is 0.414 e. The van der Waals surface area contributed by atoms with Gasteiger partial charge >= 0.3 is 12.1 Å². The molecule has 0 spiro atoms. The number of benzene rings is 2. The molecule has 182 valence electrons. The Hall–Kier alpha value is -3.68. The SMILES string of the molecule is COC(=O)N1c2ccc3c(nc(C(=O)c4ccccc4)n3[C@@H]3CCC[C@@H](C(=O)O)C3)c2CC[C@@H]1C. The Morgan fingerprint density at radius 1 is 1.06 bits per heavy atom. The first-order chi connectivity index (χ1) is 16.9. The van der Waals surface area contributed by atoms with Crippen molar-refractivity contribution in [1.82, 2.24) is 9.55 Å². The maximum atomic E-state index is 13.6. The molecule has 0 radical (unpaired) electrons. The lowest BCUT2D eigenvalue weighted by atomic mass is 9.85. The number of carboxylic acid groups (broad SMARTS) is 1. The minimum atomic E-state index is -0.796. The number of nitrogens with zero attached hydrogens (tertiary/aromatic N) is 3. The van der Waals surface area contributed by atoms with E-state index in [4.69, 9.17) is 9.72 Å². The highest BCUT2D eigenvalue weighted by molar-refractivity contribution is 6.09. The van der Waals surface area contributed by atoms with E-state index in [0.29, 0.717) is 29.7 Å². The van der Waals surface area contributed by atoms with Crippen molar-refractivity contribution in [3.8, 4) is 0 Å². The molecule has 5 rings (SSSR count). The summed E-state index contributed by atoms with van der Waals surface area (Å²) in [6, 6.07) is 12.7.